The van der Waals surface area contributed by atoms with Gasteiger partial charge in [0.05, 0.1) is 0 Å². The van der Waals surface area contributed by atoms with Gasteiger partial charge in [-0.1, -0.05) is 44.2 Å². The number of amides is 1. The zero-order valence-corrected chi connectivity index (χ0v) is 14.3. The van der Waals surface area contributed by atoms with Crippen LogP contribution in [0.2, 0.25) is 0 Å². The Morgan fingerprint density at radius 1 is 1.00 bits per heavy atom. The van der Waals surface area contributed by atoms with Gasteiger partial charge >= 0.3 is 11.9 Å². The highest BCUT2D eigenvalue weighted by molar-refractivity contribution is 5.87. The van der Waals surface area contributed by atoms with Crippen LogP contribution in [-0.2, 0) is 20.8 Å². The summed E-state index contributed by atoms with van der Waals surface area (Å²) in [5.74, 6) is -2.87. The van der Waals surface area contributed by atoms with E-state index in [0.29, 0.717) is 6.42 Å². The van der Waals surface area contributed by atoms with Crippen molar-refractivity contribution in [3.8, 4) is 0 Å². The first-order valence-corrected chi connectivity index (χ1v) is 8.02. The van der Waals surface area contributed by atoms with Gasteiger partial charge in [-0.05, 0) is 30.7 Å². The summed E-state index contributed by atoms with van der Waals surface area (Å²) in [4.78, 5) is 36.3. The summed E-state index contributed by atoms with van der Waals surface area (Å²) < 4.78 is 0. The summed E-state index contributed by atoms with van der Waals surface area (Å²) in [5.41, 5.74) is 0.947. The van der Waals surface area contributed by atoms with Gasteiger partial charge in [-0.25, -0.2) is 9.59 Å². The molecule has 0 heterocycles. The summed E-state index contributed by atoms with van der Waals surface area (Å²) in [5, 5.41) is 19.0. The van der Waals surface area contributed by atoms with Gasteiger partial charge in [-0.3, -0.25) is 4.79 Å². The van der Waals surface area contributed by atoms with Crippen LogP contribution >= 0.6 is 0 Å². The molecule has 2 atom stereocenters. The minimum Gasteiger partial charge on any atom is -0.480 e. The molecule has 2 N–H and O–H groups in total. The number of carboxylic acids is 2. The van der Waals surface area contributed by atoms with E-state index in [1.165, 1.54) is 6.92 Å². The molecule has 0 saturated carbocycles. The van der Waals surface area contributed by atoms with Crippen molar-refractivity contribution in [2.24, 2.45) is 5.92 Å². The Labute approximate surface area is 142 Å². The molecule has 6 heteroatoms. The number of carboxylic acid groups (broad SMARTS) is 2. The van der Waals surface area contributed by atoms with Gasteiger partial charge in [0.15, 0.2) is 0 Å². The predicted octanol–water partition coefficient (Wildman–Crippen LogP) is 2.42. The number of hydrogen-bond donors (Lipinski definition) is 2. The quantitative estimate of drug-likeness (QED) is 0.722. The lowest BCUT2D eigenvalue weighted by molar-refractivity contribution is -0.159. The summed E-state index contributed by atoms with van der Waals surface area (Å²) in [6.07, 6.45) is 0.834. The first-order chi connectivity index (χ1) is 11.2. The van der Waals surface area contributed by atoms with Crippen molar-refractivity contribution in [2.45, 2.75) is 52.1 Å². The number of rotatable bonds is 9. The van der Waals surface area contributed by atoms with E-state index < -0.39 is 29.9 Å². The first-order valence-electron chi connectivity index (χ1n) is 8.02. The zero-order valence-electron chi connectivity index (χ0n) is 14.3. The molecule has 1 unspecified atom stereocenters. The van der Waals surface area contributed by atoms with Crippen LogP contribution in [0, 0.1) is 5.92 Å². The third-order valence-corrected chi connectivity index (χ3v) is 3.85. The van der Waals surface area contributed by atoms with E-state index >= 15 is 0 Å². The lowest BCUT2D eigenvalue weighted by Gasteiger charge is -2.34. The Morgan fingerprint density at radius 2 is 1.54 bits per heavy atom. The molecule has 1 aromatic rings. The van der Waals surface area contributed by atoms with Gasteiger partial charge < -0.3 is 15.1 Å². The van der Waals surface area contributed by atoms with Crippen molar-refractivity contribution < 1.29 is 24.6 Å². The highest BCUT2D eigenvalue weighted by Gasteiger charge is 2.37. The molecule has 0 aliphatic heterocycles. The van der Waals surface area contributed by atoms with E-state index in [1.54, 1.807) is 0 Å². The Bertz CT molecular complexity index is 570. The van der Waals surface area contributed by atoms with Crippen LogP contribution in [0.3, 0.4) is 0 Å². The highest BCUT2D eigenvalue weighted by atomic mass is 16.4. The number of hydrogen-bond acceptors (Lipinski definition) is 3. The molecule has 0 aromatic heterocycles. The monoisotopic (exact) mass is 335 g/mol. The second-order valence-corrected chi connectivity index (χ2v) is 6.29. The van der Waals surface area contributed by atoms with Crippen molar-refractivity contribution in [1.29, 1.82) is 0 Å². The molecule has 1 amide bonds. The van der Waals surface area contributed by atoms with Crippen LogP contribution < -0.4 is 0 Å². The Balaban J connectivity index is 3.03. The summed E-state index contributed by atoms with van der Waals surface area (Å²) in [7, 11) is 0. The van der Waals surface area contributed by atoms with E-state index in [1.807, 2.05) is 44.2 Å². The fraction of sp³-hybridized carbons (Fsp3) is 0.500. The third kappa shape index (κ3) is 5.68. The molecule has 1 rings (SSSR count). The SMILES string of the molecule is CC(=O)N(C(CCc1ccccc1)C(=O)O)[C@@H](CC(C)C)C(=O)O. The normalized spacial score (nSPS) is 13.3. The molecule has 0 aliphatic rings. The Kier molecular flexibility index (Phi) is 7.42. The molecule has 132 valence electrons. The molecule has 6 nitrogen and oxygen atoms in total. The fourth-order valence-electron chi connectivity index (χ4n) is 2.77. The number of nitrogens with zero attached hydrogens (tertiary/aromatic N) is 1. The molecule has 0 radical (unpaired) electrons. The zero-order chi connectivity index (χ0) is 18.3. The molecule has 0 aliphatic carbocycles. The molecule has 0 fully saturated rings. The van der Waals surface area contributed by atoms with Crippen LogP contribution in [0.5, 0.6) is 0 Å². The molecular formula is C18H25NO5. The predicted molar refractivity (Wildman–Crippen MR) is 89.6 cm³/mol. The second kappa shape index (κ2) is 9.05. The molecule has 0 spiro atoms. The van der Waals surface area contributed by atoms with Crippen LogP contribution in [0.15, 0.2) is 30.3 Å². The number of carbonyl (C=O) groups is 3. The summed E-state index contributed by atoms with van der Waals surface area (Å²) >= 11 is 0. The van der Waals surface area contributed by atoms with Crippen LogP contribution in [0.1, 0.15) is 39.2 Å². The standard InChI is InChI=1S/C18H25NO5/c1-12(2)11-16(18(23)24)19(13(3)20)15(17(21)22)10-9-14-7-5-4-6-8-14/h4-8,12,15-16H,9-11H2,1-3H3,(H,21,22)(H,23,24)/t15?,16-/m0/s1. The van der Waals surface area contributed by atoms with Crippen LogP contribution in [0.25, 0.3) is 0 Å². The van der Waals surface area contributed by atoms with Crippen LogP contribution in [-0.4, -0.2) is 45.0 Å². The maximum atomic E-state index is 12.0. The van der Waals surface area contributed by atoms with Gasteiger partial charge in [0.2, 0.25) is 5.91 Å². The summed E-state index contributed by atoms with van der Waals surface area (Å²) in [6.45, 7) is 4.90. The van der Waals surface area contributed by atoms with Crippen molar-refractivity contribution >= 4 is 17.8 Å². The van der Waals surface area contributed by atoms with Gasteiger partial charge in [0, 0.05) is 6.92 Å². The first kappa shape index (κ1) is 19.7. The maximum Gasteiger partial charge on any atom is 0.326 e. The minimum atomic E-state index is -1.18. The third-order valence-electron chi connectivity index (χ3n) is 3.85. The lowest BCUT2D eigenvalue weighted by atomic mass is 9.98. The van der Waals surface area contributed by atoms with E-state index in [9.17, 15) is 24.6 Å². The minimum absolute atomic E-state index is 0.0246. The van der Waals surface area contributed by atoms with Crippen molar-refractivity contribution in [3.63, 3.8) is 0 Å². The van der Waals surface area contributed by atoms with Gasteiger partial charge in [-0.2, -0.15) is 0 Å². The number of carbonyl (C=O) groups excluding carboxylic acids is 1. The Hall–Kier alpha value is -2.37. The molecule has 1 aromatic carbocycles. The fourth-order valence-corrected chi connectivity index (χ4v) is 2.77. The van der Waals surface area contributed by atoms with Crippen LogP contribution in [0.4, 0.5) is 0 Å². The Morgan fingerprint density at radius 3 is 1.96 bits per heavy atom. The average molecular weight is 335 g/mol. The van der Waals surface area contributed by atoms with E-state index in [-0.39, 0.29) is 18.8 Å². The number of aryl methyl sites for hydroxylation is 1. The van der Waals surface area contributed by atoms with Gasteiger partial charge in [-0.15, -0.1) is 0 Å². The second-order valence-electron chi connectivity index (χ2n) is 6.29. The van der Waals surface area contributed by atoms with Gasteiger partial charge in [0.25, 0.3) is 0 Å². The van der Waals surface area contributed by atoms with E-state index in [4.69, 9.17) is 0 Å². The maximum absolute atomic E-state index is 12.0. The molecular weight excluding hydrogens is 310 g/mol. The smallest absolute Gasteiger partial charge is 0.326 e. The molecule has 24 heavy (non-hydrogen) atoms. The van der Waals surface area contributed by atoms with Crippen molar-refractivity contribution in [1.82, 2.24) is 4.90 Å². The molecule has 0 bridgehead atoms. The largest absolute Gasteiger partial charge is 0.480 e. The average Bonchev–Trinajstić information content (AvgIpc) is 2.49. The van der Waals surface area contributed by atoms with E-state index in [2.05, 4.69) is 0 Å². The number of aliphatic carboxylic acids is 2. The topological polar surface area (TPSA) is 94.9 Å². The van der Waals surface area contributed by atoms with E-state index in [0.717, 1.165) is 10.5 Å². The van der Waals surface area contributed by atoms with Crippen molar-refractivity contribution in [2.75, 3.05) is 0 Å². The molecule has 0 saturated heterocycles. The summed E-state index contributed by atoms with van der Waals surface area (Å²) in [6, 6.07) is 7.02. The lowest BCUT2D eigenvalue weighted by Crippen LogP contribution is -2.53. The van der Waals surface area contributed by atoms with Gasteiger partial charge in [0.1, 0.15) is 12.1 Å². The highest BCUT2D eigenvalue weighted by Crippen LogP contribution is 2.19. The van der Waals surface area contributed by atoms with Crippen molar-refractivity contribution in [3.05, 3.63) is 35.9 Å². The number of benzene rings is 1.